The molecule has 0 fully saturated rings. The van der Waals surface area contributed by atoms with Gasteiger partial charge in [-0.3, -0.25) is 0 Å². The second kappa shape index (κ2) is 8.47. The van der Waals surface area contributed by atoms with Crippen molar-refractivity contribution in [3.63, 3.8) is 0 Å². The van der Waals surface area contributed by atoms with Crippen LogP contribution < -0.4 is 10.8 Å². The van der Waals surface area contributed by atoms with Gasteiger partial charge in [0.15, 0.2) is 12.7 Å². The first-order valence-electron chi connectivity index (χ1n) is 6.16. The SMILES string of the molecule is C=C(I)/C=C\C=C(/BC)c1nc(=C)/c(=C\C=C(/C)Br)o1. The molecule has 5 heteroatoms. The fraction of sp³-hybridized carbons (Fsp3) is 0.133. The van der Waals surface area contributed by atoms with E-state index in [9.17, 15) is 0 Å². The zero-order valence-corrected chi connectivity index (χ0v) is 15.4. The van der Waals surface area contributed by atoms with E-state index < -0.39 is 0 Å². The average Bonchev–Trinajstić information content (AvgIpc) is 2.73. The van der Waals surface area contributed by atoms with E-state index in [2.05, 4.69) is 63.5 Å². The first kappa shape index (κ1) is 17.2. The Morgan fingerprint density at radius 2 is 2.15 bits per heavy atom. The van der Waals surface area contributed by atoms with Crippen LogP contribution in [0.4, 0.5) is 0 Å². The summed E-state index contributed by atoms with van der Waals surface area (Å²) in [5, 5.41) is 0.645. The van der Waals surface area contributed by atoms with Gasteiger partial charge in [0.25, 0.3) is 0 Å². The molecule has 0 aromatic carbocycles. The Labute approximate surface area is 142 Å². The Bertz CT molecular complexity index is 681. The molecule has 1 aromatic rings. The van der Waals surface area contributed by atoms with Crippen molar-refractivity contribution in [2.75, 3.05) is 0 Å². The summed E-state index contributed by atoms with van der Waals surface area (Å²) in [4.78, 5) is 4.38. The van der Waals surface area contributed by atoms with Crippen LogP contribution in [0.15, 0.2) is 43.4 Å². The van der Waals surface area contributed by atoms with Crippen molar-refractivity contribution in [3.05, 3.63) is 55.6 Å². The third kappa shape index (κ3) is 5.67. The van der Waals surface area contributed by atoms with E-state index in [4.69, 9.17) is 4.42 Å². The van der Waals surface area contributed by atoms with Gasteiger partial charge in [-0.1, -0.05) is 48.1 Å². The predicted octanol–water partition coefficient (Wildman–Crippen LogP) is 3.49. The van der Waals surface area contributed by atoms with Crippen molar-refractivity contribution < 1.29 is 4.42 Å². The highest BCUT2D eigenvalue weighted by molar-refractivity contribution is 14.1. The molecule has 0 saturated heterocycles. The molecule has 0 atom stereocenters. The van der Waals surface area contributed by atoms with Crippen molar-refractivity contribution in [1.82, 2.24) is 4.98 Å². The van der Waals surface area contributed by atoms with Gasteiger partial charge in [0.1, 0.15) is 5.35 Å². The molecule has 0 aliphatic carbocycles. The predicted molar refractivity (Wildman–Crippen MR) is 102 cm³/mol. The van der Waals surface area contributed by atoms with Crippen LogP contribution >= 0.6 is 38.5 Å². The van der Waals surface area contributed by atoms with Crippen LogP contribution in [0.3, 0.4) is 0 Å². The summed E-state index contributed by atoms with van der Waals surface area (Å²) in [5.41, 5.74) is 1.71. The number of allylic oxidation sites excluding steroid dienone is 6. The van der Waals surface area contributed by atoms with Crippen LogP contribution in [0.5, 0.6) is 0 Å². The maximum absolute atomic E-state index is 5.75. The lowest BCUT2D eigenvalue weighted by atomic mass is 9.72. The van der Waals surface area contributed by atoms with Gasteiger partial charge >= 0.3 is 0 Å². The van der Waals surface area contributed by atoms with E-state index in [0.717, 1.165) is 20.8 Å². The normalized spacial score (nSPS) is 14.1. The zero-order valence-electron chi connectivity index (χ0n) is 11.6. The van der Waals surface area contributed by atoms with Crippen molar-refractivity contribution in [2.24, 2.45) is 0 Å². The average molecular weight is 444 g/mol. The summed E-state index contributed by atoms with van der Waals surface area (Å²) in [5.74, 6) is 0.619. The molecule has 0 N–H and O–H groups in total. The monoisotopic (exact) mass is 443 g/mol. The van der Waals surface area contributed by atoms with E-state index in [1.165, 1.54) is 0 Å². The lowest BCUT2D eigenvalue weighted by Gasteiger charge is -1.94. The summed E-state index contributed by atoms with van der Waals surface area (Å²) in [7, 11) is 0.838. The molecule has 0 aliphatic heterocycles. The number of rotatable bonds is 5. The molecule has 20 heavy (non-hydrogen) atoms. The smallest absolute Gasteiger partial charge is 0.213 e. The molecule has 104 valence electrons. The van der Waals surface area contributed by atoms with E-state index in [1.807, 2.05) is 37.3 Å². The van der Waals surface area contributed by atoms with Crippen LogP contribution in [-0.4, -0.2) is 12.3 Å². The van der Waals surface area contributed by atoms with Gasteiger partial charge in [-0.25, -0.2) is 4.98 Å². The molecule has 0 unspecified atom stereocenters. The highest BCUT2D eigenvalue weighted by Crippen LogP contribution is 2.09. The van der Waals surface area contributed by atoms with Crippen molar-refractivity contribution >= 4 is 63.9 Å². The molecule has 0 amide bonds. The molecule has 1 aromatic heterocycles. The minimum atomic E-state index is 0.619. The summed E-state index contributed by atoms with van der Waals surface area (Å²) in [6.07, 6.45) is 9.65. The van der Waals surface area contributed by atoms with Gasteiger partial charge in [0.2, 0.25) is 5.89 Å². The molecule has 1 rings (SSSR count). The minimum absolute atomic E-state index is 0.619. The first-order valence-corrected chi connectivity index (χ1v) is 8.03. The van der Waals surface area contributed by atoms with Crippen LogP contribution in [-0.2, 0) is 0 Å². The third-order valence-electron chi connectivity index (χ3n) is 2.42. The van der Waals surface area contributed by atoms with Crippen molar-refractivity contribution in [3.8, 4) is 0 Å². The minimum Gasteiger partial charge on any atom is -0.437 e. The third-order valence-corrected chi connectivity index (χ3v) is 3.05. The maximum atomic E-state index is 5.75. The summed E-state index contributed by atoms with van der Waals surface area (Å²) in [6.45, 7) is 11.7. The molecule has 1 heterocycles. The topological polar surface area (TPSA) is 26.0 Å². The molecule has 2 nitrogen and oxygen atoms in total. The summed E-state index contributed by atoms with van der Waals surface area (Å²) >= 11 is 5.54. The van der Waals surface area contributed by atoms with Gasteiger partial charge < -0.3 is 4.42 Å². The number of hydrogen-bond acceptors (Lipinski definition) is 2. The molecule has 0 spiro atoms. The van der Waals surface area contributed by atoms with Gasteiger partial charge in [0.05, 0.1) is 0 Å². The Balaban J connectivity index is 3.16. The van der Waals surface area contributed by atoms with Crippen LogP contribution in [0, 0.1) is 0 Å². The quantitative estimate of drug-likeness (QED) is 0.395. The van der Waals surface area contributed by atoms with Crippen molar-refractivity contribution in [2.45, 2.75) is 13.7 Å². The number of aromatic nitrogens is 1. The lowest BCUT2D eigenvalue weighted by molar-refractivity contribution is 0.513. The second-order valence-electron chi connectivity index (χ2n) is 4.10. The fourth-order valence-corrected chi connectivity index (χ4v) is 1.77. The summed E-state index contributed by atoms with van der Waals surface area (Å²) in [6, 6.07) is 0. The summed E-state index contributed by atoms with van der Waals surface area (Å²) < 4.78 is 7.75. The Morgan fingerprint density at radius 3 is 2.70 bits per heavy atom. The van der Waals surface area contributed by atoms with Crippen molar-refractivity contribution in [1.29, 1.82) is 0 Å². The Morgan fingerprint density at radius 1 is 1.45 bits per heavy atom. The van der Waals surface area contributed by atoms with Gasteiger partial charge in [-0.2, -0.15) is 0 Å². The van der Waals surface area contributed by atoms with E-state index >= 15 is 0 Å². The number of oxazole rings is 1. The highest BCUT2D eigenvalue weighted by Gasteiger charge is 2.05. The zero-order chi connectivity index (χ0) is 15.1. The second-order valence-corrected chi connectivity index (χ2v) is 6.74. The number of nitrogens with zero attached hydrogens (tertiary/aromatic N) is 1. The Kier molecular flexibility index (Phi) is 7.30. The number of halogens is 2. The van der Waals surface area contributed by atoms with Gasteiger partial charge in [-0.15, -0.1) is 0 Å². The fourth-order valence-electron chi connectivity index (χ4n) is 1.43. The Hall–Kier alpha value is -0.815. The van der Waals surface area contributed by atoms with Crippen LogP contribution in [0.25, 0.3) is 18.1 Å². The molecule has 0 bridgehead atoms. The highest BCUT2D eigenvalue weighted by atomic mass is 127. The van der Waals surface area contributed by atoms with Crippen LogP contribution in [0.1, 0.15) is 12.8 Å². The van der Waals surface area contributed by atoms with Gasteiger partial charge in [-0.05, 0) is 57.7 Å². The molecule has 0 saturated carbocycles. The number of hydrogen-bond donors (Lipinski definition) is 0. The van der Waals surface area contributed by atoms with E-state index in [-0.39, 0.29) is 0 Å². The van der Waals surface area contributed by atoms with Crippen LogP contribution in [0.2, 0.25) is 6.82 Å². The lowest BCUT2D eigenvalue weighted by Crippen LogP contribution is -2.19. The largest absolute Gasteiger partial charge is 0.437 e. The first-order chi connectivity index (χ1) is 9.43. The molecule has 0 radical (unpaired) electrons. The van der Waals surface area contributed by atoms with E-state index in [1.54, 1.807) is 0 Å². The standard InChI is InChI=1S/C15H16BBrINO/c1-10(17)8-9-14-12(3)19-15(20-14)13(16-4)7-5-6-11(2)18/h5-9,16H,2-3H2,1,4H3/b6-5-,10-8+,13-7-,14-9+. The van der Waals surface area contributed by atoms with Gasteiger partial charge in [0, 0.05) is 3.58 Å². The molecular formula is C15H16BBrINO. The maximum Gasteiger partial charge on any atom is 0.213 e. The van der Waals surface area contributed by atoms with E-state index in [0.29, 0.717) is 16.7 Å². The molecular weight excluding hydrogens is 428 g/mol. The molecule has 0 aliphatic rings.